The van der Waals surface area contributed by atoms with Crippen molar-refractivity contribution in [3.8, 4) is 0 Å². The van der Waals surface area contributed by atoms with E-state index in [2.05, 4.69) is 38.9 Å². The molecule has 0 bridgehead atoms. The minimum absolute atomic E-state index is 0.426. The van der Waals surface area contributed by atoms with Gasteiger partial charge in [0.2, 0.25) is 6.71 Å². The van der Waals surface area contributed by atoms with Crippen LogP contribution in [-0.4, -0.2) is 16.5 Å². The molecule has 0 unspecified atom stereocenters. The lowest BCUT2D eigenvalue weighted by molar-refractivity contribution is 0.177. The smallest absolute Gasteiger partial charge is 0.203 e. The summed E-state index contributed by atoms with van der Waals surface area (Å²) in [6.07, 6.45) is 4.57. The van der Waals surface area contributed by atoms with Crippen LogP contribution in [0.3, 0.4) is 0 Å². The molecule has 0 atom stereocenters. The average Bonchev–Trinajstić information content (AvgIpc) is 2.56. The molecule has 0 N–H and O–H groups in total. The van der Waals surface area contributed by atoms with E-state index in [1.807, 2.05) is 17.9 Å². The Hall–Kier alpha value is -0.725. The topological polar surface area (TPSA) is 17.8 Å². The van der Waals surface area contributed by atoms with E-state index >= 15 is 0 Å². The van der Waals surface area contributed by atoms with E-state index in [0.29, 0.717) is 17.5 Å². The summed E-state index contributed by atoms with van der Waals surface area (Å²) in [7, 11) is 1.99. The van der Waals surface area contributed by atoms with Crippen molar-refractivity contribution in [2.75, 3.05) is 0 Å². The SMILES string of the molecule is Cn1ccc(B2CC(C)(C)C(C)(C)C2)n1. The van der Waals surface area contributed by atoms with E-state index in [1.165, 1.54) is 18.2 Å². The highest BCUT2D eigenvalue weighted by Crippen LogP contribution is 2.52. The van der Waals surface area contributed by atoms with Crippen LogP contribution in [0.5, 0.6) is 0 Å². The first kappa shape index (κ1) is 10.8. The molecule has 1 aromatic rings. The van der Waals surface area contributed by atoms with Gasteiger partial charge in [0.1, 0.15) is 0 Å². The molecule has 0 spiro atoms. The number of aryl methyl sites for hydroxylation is 1. The maximum atomic E-state index is 4.54. The molecule has 0 saturated carbocycles. The molecule has 3 heteroatoms. The Balaban J connectivity index is 2.23. The van der Waals surface area contributed by atoms with Crippen LogP contribution in [0.4, 0.5) is 0 Å². The van der Waals surface area contributed by atoms with Crippen LogP contribution in [0.2, 0.25) is 12.6 Å². The molecule has 2 rings (SSSR count). The molecule has 0 radical (unpaired) electrons. The maximum Gasteiger partial charge on any atom is 0.203 e. The Kier molecular flexibility index (Phi) is 2.25. The molecule has 1 saturated heterocycles. The van der Waals surface area contributed by atoms with Crippen molar-refractivity contribution in [2.24, 2.45) is 17.9 Å². The molecule has 0 aliphatic carbocycles. The molecule has 15 heavy (non-hydrogen) atoms. The number of nitrogens with zero attached hydrogens (tertiary/aromatic N) is 2. The van der Waals surface area contributed by atoms with E-state index < -0.39 is 0 Å². The van der Waals surface area contributed by atoms with Gasteiger partial charge in [0.05, 0.1) is 0 Å². The summed E-state index contributed by atoms with van der Waals surface area (Å²) < 4.78 is 1.91. The van der Waals surface area contributed by atoms with Crippen LogP contribution in [0.25, 0.3) is 0 Å². The maximum absolute atomic E-state index is 4.54. The van der Waals surface area contributed by atoms with Gasteiger partial charge in [-0.3, -0.25) is 4.68 Å². The fourth-order valence-corrected chi connectivity index (χ4v) is 2.72. The van der Waals surface area contributed by atoms with E-state index in [0.717, 1.165) is 0 Å². The van der Waals surface area contributed by atoms with Gasteiger partial charge in [0, 0.05) is 18.8 Å². The predicted octanol–water partition coefficient (Wildman–Crippen LogP) is 2.19. The summed E-state index contributed by atoms with van der Waals surface area (Å²) in [4.78, 5) is 0. The van der Waals surface area contributed by atoms with Crippen molar-refractivity contribution in [3.63, 3.8) is 0 Å². The second-order valence-electron chi connectivity index (χ2n) is 6.29. The lowest BCUT2D eigenvalue weighted by Gasteiger charge is -2.35. The number of aromatic nitrogens is 2. The van der Waals surface area contributed by atoms with Crippen LogP contribution >= 0.6 is 0 Å². The number of hydrogen-bond donors (Lipinski definition) is 0. The largest absolute Gasteiger partial charge is 0.276 e. The highest BCUT2D eigenvalue weighted by atomic mass is 15.2. The molecule has 0 aromatic carbocycles. The van der Waals surface area contributed by atoms with Crippen LogP contribution in [0.1, 0.15) is 27.7 Å². The number of rotatable bonds is 1. The Morgan fingerprint density at radius 1 is 1.20 bits per heavy atom. The lowest BCUT2D eigenvalue weighted by atomic mass is 9.44. The van der Waals surface area contributed by atoms with Gasteiger partial charge < -0.3 is 0 Å². The third-order valence-electron chi connectivity index (χ3n) is 4.50. The highest BCUT2D eigenvalue weighted by molar-refractivity contribution is 6.73. The van der Waals surface area contributed by atoms with Gasteiger partial charge in [-0.25, -0.2) is 0 Å². The van der Waals surface area contributed by atoms with Gasteiger partial charge >= 0.3 is 0 Å². The fourth-order valence-electron chi connectivity index (χ4n) is 2.72. The van der Waals surface area contributed by atoms with E-state index in [1.54, 1.807) is 0 Å². The molecule has 2 heterocycles. The second kappa shape index (κ2) is 3.13. The Morgan fingerprint density at radius 3 is 2.13 bits per heavy atom. The Labute approximate surface area is 93.1 Å². The molecule has 1 fully saturated rings. The van der Waals surface area contributed by atoms with Crippen molar-refractivity contribution in [1.29, 1.82) is 0 Å². The highest BCUT2D eigenvalue weighted by Gasteiger charge is 2.48. The van der Waals surface area contributed by atoms with Gasteiger partial charge in [-0.2, -0.15) is 5.10 Å². The molecule has 82 valence electrons. The molecular weight excluding hydrogens is 183 g/mol. The van der Waals surface area contributed by atoms with Gasteiger partial charge in [0.15, 0.2) is 0 Å². The first-order valence-corrected chi connectivity index (χ1v) is 5.81. The van der Waals surface area contributed by atoms with Crippen molar-refractivity contribution >= 4 is 12.3 Å². The first-order valence-electron chi connectivity index (χ1n) is 5.81. The molecule has 1 aliphatic rings. The zero-order valence-electron chi connectivity index (χ0n) is 10.5. The predicted molar refractivity (Wildman–Crippen MR) is 65.8 cm³/mol. The lowest BCUT2D eigenvalue weighted by Crippen LogP contribution is -2.29. The Bertz CT molecular complexity index is 349. The van der Waals surface area contributed by atoms with E-state index in [4.69, 9.17) is 0 Å². The summed E-state index contributed by atoms with van der Waals surface area (Å²) in [6.45, 7) is 10.2. The minimum Gasteiger partial charge on any atom is -0.276 e. The summed E-state index contributed by atoms with van der Waals surface area (Å²) in [5.74, 6) is 0. The van der Waals surface area contributed by atoms with Crippen LogP contribution < -0.4 is 5.59 Å². The van der Waals surface area contributed by atoms with E-state index in [9.17, 15) is 0 Å². The Morgan fingerprint density at radius 2 is 1.73 bits per heavy atom. The van der Waals surface area contributed by atoms with Crippen LogP contribution in [-0.2, 0) is 7.05 Å². The van der Waals surface area contributed by atoms with Gasteiger partial charge in [0.25, 0.3) is 0 Å². The molecular formula is C12H21BN2. The number of hydrogen-bond acceptors (Lipinski definition) is 1. The zero-order chi connectivity index (χ0) is 11.3. The third kappa shape index (κ3) is 1.73. The first-order chi connectivity index (χ1) is 6.82. The standard InChI is InChI=1S/C12H21BN2/c1-11(2)8-13(9-12(11,3)4)10-6-7-15(5)14-10/h6-7H,8-9H2,1-5H3. The van der Waals surface area contributed by atoms with Gasteiger partial charge in [-0.1, -0.05) is 40.3 Å². The monoisotopic (exact) mass is 204 g/mol. The third-order valence-corrected chi connectivity index (χ3v) is 4.50. The van der Waals surface area contributed by atoms with Crippen molar-refractivity contribution in [2.45, 2.75) is 40.3 Å². The van der Waals surface area contributed by atoms with Gasteiger partial charge in [-0.15, -0.1) is 0 Å². The summed E-state index contributed by atoms with van der Waals surface area (Å²) in [6, 6.07) is 2.17. The molecule has 0 amide bonds. The fraction of sp³-hybridized carbons (Fsp3) is 0.750. The minimum atomic E-state index is 0.426. The summed E-state index contributed by atoms with van der Waals surface area (Å²) in [5.41, 5.74) is 2.13. The zero-order valence-corrected chi connectivity index (χ0v) is 10.5. The van der Waals surface area contributed by atoms with Crippen LogP contribution in [0, 0.1) is 10.8 Å². The average molecular weight is 204 g/mol. The van der Waals surface area contributed by atoms with Crippen LogP contribution in [0.15, 0.2) is 12.3 Å². The molecule has 1 aliphatic heterocycles. The molecule has 1 aromatic heterocycles. The summed E-state index contributed by atoms with van der Waals surface area (Å²) >= 11 is 0. The van der Waals surface area contributed by atoms with Crippen molar-refractivity contribution in [1.82, 2.24) is 9.78 Å². The molecule has 2 nitrogen and oxygen atoms in total. The van der Waals surface area contributed by atoms with Gasteiger partial charge in [-0.05, 0) is 16.9 Å². The van der Waals surface area contributed by atoms with Crippen molar-refractivity contribution < 1.29 is 0 Å². The quantitative estimate of drug-likeness (QED) is 0.641. The normalized spacial score (nSPS) is 23.4. The van der Waals surface area contributed by atoms with E-state index in [-0.39, 0.29) is 0 Å². The van der Waals surface area contributed by atoms with Crippen molar-refractivity contribution in [3.05, 3.63) is 12.3 Å². The second-order valence-corrected chi connectivity index (χ2v) is 6.29. The summed E-state index contributed by atoms with van der Waals surface area (Å²) in [5, 5.41) is 4.54.